The molecule has 0 aliphatic carbocycles. The molecule has 1 heterocycles. The highest BCUT2D eigenvalue weighted by molar-refractivity contribution is 5.26. The molecular formula is C13H15NO3. The lowest BCUT2D eigenvalue weighted by Crippen LogP contribution is -2.29. The van der Waals surface area contributed by atoms with Crippen molar-refractivity contribution in [2.45, 2.75) is 31.7 Å². The molecule has 0 spiro atoms. The van der Waals surface area contributed by atoms with E-state index in [-0.39, 0.29) is 11.9 Å². The summed E-state index contributed by atoms with van der Waals surface area (Å²) in [6.45, 7) is 2.33. The first-order valence-electron chi connectivity index (χ1n) is 5.58. The van der Waals surface area contributed by atoms with E-state index in [1.165, 1.54) is 0 Å². The fourth-order valence-electron chi connectivity index (χ4n) is 1.97. The second-order valence-electron chi connectivity index (χ2n) is 4.39. The summed E-state index contributed by atoms with van der Waals surface area (Å²) in [5, 5.41) is 17.8. The van der Waals surface area contributed by atoms with Crippen molar-refractivity contribution in [1.82, 2.24) is 0 Å². The number of hydrogen-bond acceptors (Lipinski definition) is 4. The average molecular weight is 233 g/mol. The molecule has 0 saturated carbocycles. The number of rotatable bonds is 3. The van der Waals surface area contributed by atoms with Gasteiger partial charge in [-0.05, 0) is 24.6 Å². The van der Waals surface area contributed by atoms with Gasteiger partial charge in [0.1, 0.15) is 5.75 Å². The molecule has 4 nitrogen and oxygen atoms in total. The van der Waals surface area contributed by atoms with Gasteiger partial charge in [0.05, 0.1) is 25.2 Å². The third-order valence-corrected chi connectivity index (χ3v) is 2.77. The van der Waals surface area contributed by atoms with E-state index in [2.05, 4.69) is 6.07 Å². The van der Waals surface area contributed by atoms with Crippen LogP contribution in [0.1, 0.15) is 18.9 Å². The smallest absolute Gasteiger partial charge is 0.170 e. The summed E-state index contributed by atoms with van der Waals surface area (Å²) < 4.78 is 11.3. The number of aromatic hydroxyl groups is 1. The van der Waals surface area contributed by atoms with Gasteiger partial charge in [-0.15, -0.1) is 0 Å². The van der Waals surface area contributed by atoms with Crippen molar-refractivity contribution in [3.05, 3.63) is 29.8 Å². The molecule has 2 atom stereocenters. The van der Waals surface area contributed by atoms with E-state index in [4.69, 9.17) is 14.7 Å². The molecule has 0 bridgehead atoms. The van der Waals surface area contributed by atoms with Gasteiger partial charge in [0.2, 0.25) is 0 Å². The lowest BCUT2D eigenvalue weighted by molar-refractivity contribution is -0.151. The molecule has 1 N–H and O–H groups in total. The first kappa shape index (κ1) is 11.9. The highest BCUT2D eigenvalue weighted by Gasteiger charge is 2.37. The molecule has 0 radical (unpaired) electrons. The van der Waals surface area contributed by atoms with Crippen molar-refractivity contribution < 1.29 is 14.6 Å². The predicted octanol–water partition coefficient (Wildman–Crippen LogP) is 1.98. The van der Waals surface area contributed by atoms with Crippen molar-refractivity contribution >= 4 is 0 Å². The van der Waals surface area contributed by atoms with Crippen LogP contribution in [0.5, 0.6) is 5.75 Å². The van der Waals surface area contributed by atoms with Crippen LogP contribution in [0.25, 0.3) is 0 Å². The molecule has 2 unspecified atom stereocenters. The third-order valence-electron chi connectivity index (χ3n) is 2.77. The zero-order chi connectivity index (χ0) is 12.3. The van der Waals surface area contributed by atoms with Crippen molar-refractivity contribution in [2.75, 3.05) is 6.61 Å². The quantitative estimate of drug-likeness (QED) is 0.867. The molecule has 17 heavy (non-hydrogen) atoms. The summed E-state index contributed by atoms with van der Waals surface area (Å²) in [5.74, 6) is -0.423. The fourth-order valence-corrected chi connectivity index (χ4v) is 1.97. The third kappa shape index (κ3) is 2.96. The van der Waals surface area contributed by atoms with Crippen molar-refractivity contribution in [3.8, 4) is 11.8 Å². The minimum absolute atomic E-state index is 0.137. The standard InChI is InChI=1S/C13H15NO3/c1-13(16-9-12(17-13)6-7-14)8-10-2-4-11(15)5-3-10/h2-5,12,15H,6,8-9H2,1H3. The van der Waals surface area contributed by atoms with E-state index in [0.717, 1.165) is 5.56 Å². The Balaban J connectivity index is 1.99. The summed E-state index contributed by atoms with van der Waals surface area (Å²) in [6, 6.07) is 9.04. The lowest BCUT2D eigenvalue weighted by Gasteiger charge is -2.23. The molecule has 0 aromatic heterocycles. The topological polar surface area (TPSA) is 62.5 Å². The molecule has 4 heteroatoms. The average Bonchev–Trinajstić information content (AvgIpc) is 2.64. The molecule has 1 saturated heterocycles. The molecule has 1 aliphatic rings. The Morgan fingerprint density at radius 1 is 1.47 bits per heavy atom. The number of hydrogen-bond donors (Lipinski definition) is 1. The van der Waals surface area contributed by atoms with Crippen molar-refractivity contribution in [2.24, 2.45) is 0 Å². The second kappa shape index (κ2) is 4.74. The minimum atomic E-state index is -0.668. The predicted molar refractivity (Wildman–Crippen MR) is 61.3 cm³/mol. The molecule has 2 rings (SSSR count). The van der Waals surface area contributed by atoms with E-state index < -0.39 is 5.79 Å². The summed E-state index contributed by atoms with van der Waals surface area (Å²) in [6.07, 6.45) is 0.822. The SMILES string of the molecule is CC1(Cc2ccc(O)cc2)OCC(CC#N)O1. The Hall–Kier alpha value is -1.57. The Kier molecular flexibility index (Phi) is 3.32. The Morgan fingerprint density at radius 2 is 2.18 bits per heavy atom. The van der Waals surface area contributed by atoms with E-state index in [0.29, 0.717) is 19.4 Å². The molecule has 1 fully saturated rings. The molecule has 1 aromatic carbocycles. The van der Waals surface area contributed by atoms with Gasteiger partial charge in [0.25, 0.3) is 0 Å². The number of ether oxygens (including phenoxy) is 2. The van der Waals surface area contributed by atoms with Crippen LogP contribution in [-0.2, 0) is 15.9 Å². The monoisotopic (exact) mass is 233 g/mol. The zero-order valence-electron chi connectivity index (χ0n) is 9.72. The number of phenols is 1. The summed E-state index contributed by atoms with van der Waals surface area (Å²) in [7, 11) is 0. The Morgan fingerprint density at radius 3 is 2.82 bits per heavy atom. The first-order valence-corrected chi connectivity index (χ1v) is 5.58. The molecule has 1 aromatic rings. The van der Waals surface area contributed by atoms with Crippen LogP contribution in [0.4, 0.5) is 0 Å². The van der Waals surface area contributed by atoms with E-state index >= 15 is 0 Å². The highest BCUT2D eigenvalue weighted by Crippen LogP contribution is 2.28. The van der Waals surface area contributed by atoms with Gasteiger partial charge < -0.3 is 14.6 Å². The van der Waals surface area contributed by atoms with Gasteiger partial charge in [0.15, 0.2) is 5.79 Å². The van der Waals surface area contributed by atoms with Gasteiger partial charge in [0, 0.05) is 6.42 Å². The molecule has 1 aliphatic heterocycles. The first-order chi connectivity index (χ1) is 8.11. The maximum Gasteiger partial charge on any atom is 0.170 e. The maximum absolute atomic E-state index is 9.20. The van der Waals surface area contributed by atoms with Crippen molar-refractivity contribution in [3.63, 3.8) is 0 Å². The summed E-state index contributed by atoms with van der Waals surface area (Å²) in [4.78, 5) is 0. The van der Waals surface area contributed by atoms with Gasteiger partial charge in [-0.2, -0.15) is 5.26 Å². The van der Waals surface area contributed by atoms with Crippen LogP contribution < -0.4 is 0 Å². The highest BCUT2D eigenvalue weighted by atomic mass is 16.7. The number of benzene rings is 1. The van der Waals surface area contributed by atoms with Crippen LogP contribution in [0.3, 0.4) is 0 Å². The fraction of sp³-hybridized carbons (Fsp3) is 0.462. The van der Waals surface area contributed by atoms with Crippen LogP contribution in [-0.4, -0.2) is 23.6 Å². The van der Waals surface area contributed by atoms with Crippen LogP contribution in [0.15, 0.2) is 24.3 Å². The van der Waals surface area contributed by atoms with Gasteiger partial charge in [-0.25, -0.2) is 0 Å². The van der Waals surface area contributed by atoms with Gasteiger partial charge >= 0.3 is 0 Å². The van der Waals surface area contributed by atoms with Gasteiger partial charge in [-0.1, -0.05) is 12.1 Å². The molecule has 0 amide bonds. The van der Waals surface area contributed by atoms with Gasteiger partial charge in [-0.3, -0.25) is 0 Å². The summed E-state index contributed by atoms with van der Waals surface area (Å²) >= 11 is 0. The molecule has 90 valence electrons. The minimum Gasteiger partial charge on any atom is -0.508 e. The number of phenolic OH excluding ortho intramolecular Hbond substituents is 1. The second-order valence-corrected chi connectivity index (χ2v) is 4.39. The largest absolute Gasteiger partial charge is 0.508 e. The van der Waals surface area contributed by atoms with E-state index in [1.54, 1.807) is 12.1 Å². The van der Waals surface area contributed by atoms with E-state index in [9.17, 15) is 5.11 Å². The normalized spacial score (nSPS) is 27.9. The number of nitrogens with zero attached hydrogens (tertiary/aromatic N) is 1. The molecular weight excluding hydrogens is 218 g/mol. The van der Waals surface area contributed by atoms with Crippen molar-refractivity contribution in [1.29, 1.82) is 5.26 Å². The van der Waals surface area contributed by atoms with E-state index in [1.807, 2.05) is 19.1 Å². The Bertz CT molecular complexity index is 423. The number of nitriles is 1. The van der Waals surface area contributed by atoms with Crippen LogP contribution >= 0.6 is 0 Å². The summed E-state index contributed by atoms with van der Waals surface area (Å²) in [5.41, 5.74) is 1.03. The van der Waals surface area contributed by atoms with Crippen LogP contribution in [0, 0.1) is 11.3 Å². The zero-order valence-corrected chi connectivity index (χ0v) is 9.72. The Labute approximate surface area is 100 Å². The van der Waals surface area contributed by atoms with Crippen LogP contribution in [0.2, 0.25) is 0 Å². The lowest BCUT2D eigenvalue weighted by atomic mass is 10.1. The maximum atomic E-state index is 9.20.